The lowest BCUT2D eigenvalue weighted by Gasteiger charge is -2.31. The number of aryl methyl sites for hydroxylation is 1. The lowest BCUT2D eigenvalue weighted by molar-refractivity contribution is 0.0114. The Bertz CT molecular complexity index is 1590. The Morgan fingerprint density at radius 2 is 1.29 bits per heavy atom. The molecule has 3 N–H and O–H groups in total. The maximum atomic E-state index is 13.0. The molecule has 0 heterocycles. The molecule has 9 nitrogen and oxygen atoms in total. The predicted octanol–water partition coefficient (Wildman–Crippen LogP) is 5.89. The van der Waals surface area contributed by atoms with E-state index in [-0.39, 0.29) is 17.5 Å². The van der Waals surface area contributed by atoms with Crippen LogP contribution in [0.3, 0.4) is 0 Å². The van der Waals surface area contributed by atoms with Crippen LogP contribution in [0.4, 0.5) is 0 Å². The highest BCUT2D eigenvalue weighted by molar-refractivity contribution is 7.89. The molecular weight excluding hydrogens is 628 g/mol. The molecule has 0 fully saturated rings. The maximum absolute atomic E-state index is 13.0. The van der Waals surface area contributed by atoms with E-state index in [2.05, 4.69) is 29.6 Å². The molecule has 0 aliphatic heterocycles. The van der Waals surface area contributed by atoms with Crippen LogP contribution in [-0.4, -0.2) is 68.3 Å². The zero-order valence-electron chi connectivity index (χ0n) is 27.9. The zero-order chi connectivity index (χ0) is 34.0. The Kier molecular flexibility index (Phi) is 15.4. The number of benzene rings is 4. The largest absolute Gasteiger partial charge is 0.497 e. The SMILES string of the molecule is CCOCCOCCOCCOc1ccc(S(N)(=O)=O)c(C(c2ccccc2)[C@@H](NCCCc2ccc(OC)cc2)c2ccccc2)c1. The summed E-state index contributed by atoms with van der Waals surface area (Å²) in [6.45, 7) is 5.93. The molecule has 0 bridgehead atoms. The van der Waals surface area contributed by atoms with E-state index in [0.717, 1.165) is 29.7 Å². The number of primary sulfonamides is 1. The summed E-state index contributed by atoms with van der Waals surface area (Å²) in [6, 6.07) is 32.8. The van der Waals surface area contributed by atoms with Crippen molar-refractivity contribution in [1.82, 2.24) is 5.32 Å². The molecular formula is C38H48N2O7S. The van der Waals surface area contributed by atoms with Crippen LogP contribution in [0.5, 0.6) is 11.5 Å². The van der Waals surface area contributed by atoms with Gasteiger partial charge in [0.05, 0.1) is 45.0 Å². The van der Waals surface area contributed by atoms with E-state index in [9.17, 15) is 8.42 Å². The highest BCUT2D eigenvalue weighted by Crippen LogP contribution is 2.41. The molecule has 0 aliphatic carbocycles. The molecule has 0 radical (unpaired) electrons. The fourth-order valence-corrected chi connectivity index (χ4v) is 6.34. The van der Waals surface area contributed by atoms with Crippen LogP contribution in [0.25, 0.3) is 0 Å². The van der Waals surface area contributed by atoms with Gasteiger partial charge in [-0.1, -0.05) is 72.8 Å². The topological polar surface area (TPSA) is 118 Å². The van der Waals surface area contributed by atoms with E-state index in [1.807, 2.05) is 67.6 Å². The first-order valence-corrected chi connectivity index (χ1v) is 17.9. The first kappa shape index (κ1) is 37.1. The van der Waals surface area contributed by atoms with Gasteiger partial charge in [0.25, 0.3) is 0 Å². The summed E-state index contributed by atoms with van der Waals surface area (Å²) in [5.74, 6) is 0.951. The molecule has 4 aromatic rings. The second kappa shape index (κ2) is 19.9. The standard InChI is InChI=1S/C38H48N2O7S/c1-3-44-23-24-45-25-26-46-27-28-47-34-20-21-36(48(39,41)42)35(29-34)37(31-12-6-4-7-13-31)38(32-14-8-5-9-15-32)40-22-10-11-30-16-18-33(43-2)19-17-30/h4-9,12-21,29,37-38,40H,3,10-11,22-28H2,1-2H3,(H2,39,41,42)/t37?,38-/m0/s1. The predicted molar refractivity (Wildman–Crippen MR) is 188 cm³/mol. The molecule has 4 rings (SSSR count). The van der Waals surface area contributed by atoms with Crippen molar-refractivity contribution in [2.24, 2.45) is 5.14 Å². The van der Waals surface area contributed by atoms with Gasteiger partial charge in [0.2, 0.25) is 10.0 Å². The second-order valence-corrected chi connectivity index (χ2v) is 12.7. The summed E-state index contributed by atoms with van der Waals surface area (Å²) >= 11 is 0. The monoisotopic (exact) mass is 676 g/mol. The summed E-state index contributed by atoms with van der Waals surface area (Å²) in [5.41, 5.74) is 3.75. The van der Waals surface area contributed by atoms with Crippen molar-refractivity contribution in [3.05, 3.63) is 125 Å². The van der Waals surface area contributed by atoms with Gasteiger partial charge in [-0.3, -0.25) is 0 Å². The van der Waals surface area contributed by atoms with E-state index >= 15 is 0 Å². The van der Waals surface area contributed by atoms with Gasteiger partial charge in [-0.05, 0) is 78.9 Å². The van der Waals surface area contributed by atoms with Crippen LogP contribution < -0.4 is 19.9 Å². The van der Waals surface area contributed by atoms with E-state index in [4.69, 9.17) is 28.8 Å². The third-order valence-corrected chi connectivity index (χ3v) is 8.87. The summed E-state index contributed by atoms with van der Waals surface area (Å²) in [7, 11) is -2.41. The number of hydrogen-bond acceptors (Lipinski definition) is 8. The molecule has 258 valence electrons. The Balaban J connectivity index is 1.56. The van der Waals surface area contributed by atoms with Gasteiger partial charge < -0.3 is 29.0 Å². The van der Waals surface area contributed by atoms with Crippen molar-refractivity contribution in [3.8, 4) is 11.5 Å². The summed E-state index contributed by atoms with van der Waals surface area (Å²) in [6.07, 6.45) is 1.75. The van der Waals surface area contributed by atoms with Gasteiger partial charge >= 0.3 is 0 Å². The lowest BCUT2D eigenvalue weighted by atomic mass is 9.81. The Labute approximate surface area is 285 Å². The molecule has 48 heavy (non-hydrogen) atoms. The number of hydrogen-bond donors (Lipinski definition) is 2. The summed E-state index contributed by atoms with van der Waals surface area (Å²) in [4.78, 5) is 0.0603. The molecule has 1 unspecified atom stereocenters. The minimum absolute atomic E-state index is 0.0603. The quantitative estimate of drug-likeness (QED) is 0.0991. The number of nitrogens with one attached hydrogen (secondary N) is 1. The summed E-state index contributed by atoms with van der Waals surface area (Å²) < 4.78 is 53.8. The van der Waals surface area contributed by atoms with Crippen molar-refractivity contribution in [1.29, 1.82) is 0 Å². The van der Waals surface area contributed by atoms with Gasteiger partial charge in [-0.25, -0.2) is 13.6 Å². The van der Waals surface area contributed by atoms with E-state index in [1.165, 1.54) is 11.6 Å². The molecule has 0 saturated heterocycles. The van der Waals surface area contributed by atoms with Crippen LogP contribution in [0.15, 0.2) is 108 Å². The van der Waals surface area contributed by atoms with Crippen molar-refractivity contribution in [2.75, 3.05) is 59.9 Å². The molecule has 0 saturated carbocycles. The van der Waals surface area contributed by atoms with Crippen molar-refractivity contribution in [2.45, 2.75) is 36.6 Å². The molecule has 0 aromatic heterocycles. The second-order valence-electron chi connectivity index (χ2n) is 11.2. The van der Waals surface area contributed by atoms with Crippen molar-refractivity contribution < 1.29 is 32.1 Å². The average Bonchev–Trinajstić information content (AvgIpc) is 3.11. The smallest absolute Gasteiger partial charge is 0.238 e. The minimum Gasteiger partial charge on any atom is -0.497 e. The van der Waals surface area contributed by atoms with Gasteiger partial charge in [-0.2, -0.15) is 0 Å². The number of rotatable bonds is 22. The molecule has 0 spiro atoms. The highest BCUT2D eigenvalue weighted by atomic mass is 32.2. The van der Waals surface area contributed by atoms with Crippen molar-refractivity contribution >= 4 is 10.0 Å². The summed E-state index contributed by atoms with van der Waals surface area (Å²) in [5, 5.41) is 9.61. The fraction of sp³-hybridized carbons (Fsp3) is 0.368. The highest BCUT2D eigenvalue weighted by Gasteiger charge is 2.31. The normalized spacial score (nSPS) is 12.8. The molecule has 0 amide bonds. The first-order valence-electron chi connectivity index (χ1n) is 16.4. The minimum atomic E-state index is -4.07. The lowest BCUT2D eigenvalue weighted by Crippen LogP contribution is -2.30. The number of ether oxygens (including phenoxy) is 5. The van der Waals surface area contributed by atoms with Gasteiger partial charge in [0.15, 0.2) is 0 Å². The molecule has 0 aliphatic rings. The Hall–Kier alpha value is -3.77. The van der Waals surface area contributed by atoms with Crippen LogP contribution in [-0.2, 0) is 30.7 Å². The number of methoxy groups -OCH3 is 1. The third kappa shape index (κ3) is 11.7. The number of sulfonamides is 1. The van der Waals surface area contributed by atoms with Crippen LogP contribution in [0, 0.1) is 0 Å². The molecule has 10 heteroatoms. The van der Waals surface area contributed by atoms with Crippen LogP contribution in [0.2, 0.25) is 0 Å². The van der Waals surface area contributed by atoms with Gasteiger partial charge in [-0.15, -0.1) is 0 Å². The van der Waals surface area contributed by atoms with E-state index < -0.39 is 15.9 Å². The maximum Gasteiger partial charge on any atom is 0.238 e. The van der Waals surface area contributed by atoms with E-state index in [1.54, 1.807) is 19.2 Å². The fourth-order valence-electron chi connectivity index (χ4n) is 5.56. The zero-order valence-corrected chi connectivity index (χ0v) is 28.7. The van der Waals surface area contributed by atoms with Crippen LogP contribution in [0.1, 0.15) is 47.6 Å². The van der Waals surface area contributed by atoms with Gasteiger partial charge in [0, 0.05) is 18.6 Å². The molecule has 2 atom stereocenters. The Morgan fingerprint density at radius 1 is 0.708 bits per heavy atom. The molecule has 4 aromatic carbocycles. The van der Waals surface area contributed by atoms with Crippen LogP contribution >= 0.6 is 0 Å². The first-order chi connectivity index (χ1) is 23.4. The average molecular weight is 677 g/mol. The van der Waals surface area contributed by atoms with Gasteiger partial charge in [0.1, 0.15) is 18.1 Å². The Morgan fingerprint density at radius 3 is 1.90 bits per heavy atom. The number of nitrogens with two attached hydrogens (primary N) is 1. The third-order valence-electron chi connectivity index (χ3n) is 7.88. The van der Waals surface area contributed by atoms with E-state index in [0.29, 0.717) is 57.5 Å². The van der Waals surface area contributed by atoms with Crippen molar-refractivity contribution in [3.63, 3.8) is 0 Å².